The molecule has 0 saturated heterocycles. The van der Waals surface area contributed by atoms with Gasteiger partial charge in [-0.1, -0.05) is 12.1 Å². The first-order valence-corrected chi connectivity index (χ1v) is 5.59. The van der Waals surface area contributed by atoms with Gasteiger partial charge in [0, 0.05) is 18.8 Å². The zero-order valence-electron chi connectivity index (χ0n) is 9.68. The molecule has 0 saturated carbocycles. The molecule has 0 bridgehead atoms. The Bertz CT molecular complexity index is 443. The molecule has 6 nitrogen and oxygen atoms in total. The van der Waals surface area contributed by atoms with Crippen LogP contribution in [0.5, 0.6) is 0 Å². The van der Waals surface area contributed by atoms with Gasteiger partial charge in [-0.05, 0) is 12.5 Å². The lowest BCUT2D eigenvalue weighted by Gasteiger charge is -2.06. The highest BCUT2D eigenvalue weighted by atomic mass is 16.5. The molecule has 0 atom stereocenters. The molecular weight excluding hydrogens is 218 g/mol. The highest BCUT2D eigenvalue weighted by Gasteiger charge is 2.00. The average molecular weight is 233 g/mol. The lowest BCUT2D eigenvalue weighted by Crippen LogP contribution is -2.06. The molecule has 0 aliphatic heterocycles. The van der Waals surface area contributed by atoms with Crippen molar-refractivity contribution >= 4 is 11.8 Å². The molecule has 0 aliphatic rings. The van der Waals surface area contributed by atoms with Crippen LogP contribution in [0.4, 0.5) is 11.8 Å². The van der Waals surface area contributed by atoms with E-state index in [-0.39, 0.29) is 0 Å². The molecule has 0 aliphatic carbocycles. The van der Waals surface area contributed by atoms with E-state index >= 15 is 0 Å². The molecule has 2 rings (SSSR count). The Labute approximate surface area is 99.5 Å². The first-order valence-electron chi connectivity index (χ1n) is 5.59. The molecule has 90 valence electrons. The summed E-state index contributed by atoms with van der Waals surface area (Å²) in [4.78, 5) is 8.44. The monoisotopic (exact) mass is 233 g/mol. The molecule has 0 radical (unpaired) electrons. The molecule has 0 fully saturated rings. The topological polar surface area (TPSA) is 75.9 Å². The number of hydrogen-bond acceptors (Lipinski definition) is 6. The molecular formula is C11H15N5O. The summed E-state index contributed by atoms with van der Waals surface area (Å²) in [5.41, 5.74) is 0. The van der Waals surface area contributed by atoms with Crippen LogP contribution in [-0.4, -0.2) is 21.7 Å². The molecule has 2 N–H and O–H groups in total. The summed E-state index contributed by atoms with van der Waals surface area (Å²) in [5.74, 6) is 2.16. The second-order valence-electron chi connectivity index (χ2n) is 3.52. The van der Waals surface area contributed by atoms with Gasteiger partial charge in [0.05, 0.1) is 12.7 Å². The summed E-state index contributed by atoms with van der Waals surface area (Å²) in [5, 5.41) is 9.90. The average Bonchev–Trinajstić information content (AvgIpc) is 2.87. The molecule has 6 heteroatoms. The van der Waals surface area contributed by atoms with Crippen molar-refractivity contribution in [1.82, 2.24) is 15.1 Å². The minimum Gasteiger partial charge on any atom is -0.363 e. The van der Waals surface area contributed by atoms with Crippen molar-refractivity contribution in [1.29, 1.82) is 0 Å². The Hall–Kier alpha value is -2.11. The maximum atomic E-state index is 4.98. The highest BCUT2D eigenvalue weighted by molar-refractivity contribution is 5.39. The zero-order valence-corrected chi connectivity index (χ0v) is 9.68. The number of rotatable bonds is 6. The Morgan fingerprint density at radius 3 is 2.94 bits per heavy atom. The summed E-state index contributed by atoms with van der Waals surface area (Å²) >= 11 is 0. The van der Waals surface area contributed by atoms with Crippen LogP contribution in [-0.2, 0) is 6.54 Å². The van der Waals surface area contributed by atoms with Crippen molar-refractivity contribution in [2.45, 2.75) is 19.9 Å². The van der Waals surface area contributed by atoms with Crippen LogP contribution in [0.25, 0.3) is 0 Å². The van der Waals surface area contributed by atoms with Gasteiger partial charge in [0.25, 0.3) is 0 Å². The van der Waals surface area contributed by atoms with E-state index in [0.29, 0.717) is 12.5 Å². The van der Waals surface area contributed by atoms with Crippen molar-refractivity contribution in [3.05, 3.63) is 30.3 Å². The first kappa shape index (κ1) is 11.4. The molecule has 17 heavy (non-hydrogen) atoms. The molecule has 0 spiro atoms. The Balaban J connectivity index is 1.91. The van der Waals surface area contributed by atoms with Crippen LogP contribution < -0.4 is 10.6 Å². The van der Waals surface area contributed by atoms with Crippen LogP contribution in [0.15, 0.2) is 29.0 Å². The van der Waals surface area contributed by atoms with Crippen LogP contribution in [0, 0.1) is 0 Å². The van der Waals surface area contributed by atoms with Crippen molar-refractivity contribution in [3.8, 4) is 0 Å². The molecule has 0 unspecified atom stereocenters. The summed E-state index contributed by atoms with van der Waals surface area (Å²) < 4.78 is 4.98. The van der Waals surface area contributed by atoms with Gasteiger partial charge in [-0.15, -0.1) is 0 Å². The number of nitrogens with zero attached hydrogens (tertiary/aromatic N) is 3. The van der Waals surface area contributed by atoms with E-state index in [1.165, 1.54) is 0 Å². The van der Waals surface area contributed by atoms with Crippen molar-refractivity contribution in [3.63, 3.8) is 0 Å². The largest absolute Gasteiger partial charge is 0.363 e. The van der Waals surface area contributed by atoms with Crippen LogP contribution in [0.2, 0.25) is 0 Å². The number of nitrogens with one attached hydrogen (secondary N) is 2. The predicted octanol–water partition coefficient (Wildman–Crippen LogP) is 1.90. The number of aromatic nitrogens is 3. The zero-order chi connectivity index (χ0) is 11.9. The smallest absolute Gasteiger partial charge is 0.224 e. The SMILES string of the molecule is CCCNc1nccc(NCc2ccno2)n1. The van der Waals surface area contributed by atoms with E-state index in [2.05, 4.69) is 32.7 Å². The minimum absolute atomic E-state index is 0.560. The lowest BCUT2D eigenvalue weighted by molar-refractivity contribution is 0.388. The Morgan fingerprint density at radius 2 is 2.18 bits per heavy atom. The fourth-order valence-electron chi connectivity index (χ4n) is 1.29. The lowest BCUT2D eigenvalue weighted by atomic mass is 10.4. The predicted molar refractivity (Wildman–Crippen MR) is 64.6 cm³/mol. The summed E-state index contributed by atoms with van der Waals surface area (Å²) in [6, 6.07) is 3.62. The van der Waals surface area contributed by atoms with Crippen molar-refractivity contribution in [2.75, 3.05) is 17.2 Å². The third kappa shape index (κ3) is 3.44. The summed E-state index contributed by atoms with van der Waals surface area (Å²) in [6.07, 6.45) is 4.37. The van der Waals surface area contributed by atoms with Gasteiger partial charge in [-0.2, -0.15) is 4.98 Å². The maximum absolute atomic E-state index is 4.98. The molecule has 0 amide bonds. The Morgan fingerprint density at radius 1 is 1.24 bits per heavy atom. The van der Waals surface area contributed by atoms with Gasteiger partial charge in [0.15, 0.2) is 5.76 Å². The fraction of sp³-hybridized carbons (Fsp3) is 0.364. The van der Waals surface area contributed by atoms with Gasteiger partial charge < -0.3 is 15.2 Å². The van der Waals surface area contributed by atoms with E-state index in [4.69, 9.17) is 4.52 Å². The van der Waals surface area contributed by atoms with Crippen LogP contribution >= 0.6 is 0 Å². The van der Waals surface area contributed by atoms with Gasteiger partial charge >= 0.3 is 0 Å². The Kier molecular flexibility index (Phi) is 3.90. The third-order valence-electron chi connectivity index (χ3n) is 2.12. The molecule has 2 aromatic rings. The van der Waals surface area contributed by atoms with E-state index in [1.807, 2.05) is 12.1 Å². The summed E-state index contributed by atoms with van der Waals surface area (Å²) in [6.45, 7) is 3.52. The van der Waals surface area contributed by atoms with E-state index in [1.54, 1.807) is 12.4 Å². The molecule has 2 aromatic heterocycles. The van der Waals surface area contributed by atoms with Crippen LogP contribution in [0.1, 0.15) is 19.1 Å². The normalized spacial score (nSPS) is 10.2. The van der Waals surface area contributed by atoms with E-state index in [0.717, 1.165) is 24.5 Å². The first-order chi connectivity index (χ1) is 8.38. The minimum atomic E-state index is 0.560. The third-order valence-corrected chi connectivity index (χ3v) is 2.12. The van der Waals surface area contributed by atoms with Crippen molar-refractivity contribution < 1.29 is 4.52 Å². The highest BCUT2D eigenvalue weighted by Crippen LogP contribution is 2.07. The van der Waals surface area contributed by atoms with Gasteiger partial charge in [0.1, 0.15) is 5.82 Å². The second kappa shape index (κ2) is 5.83. The van der Waals surface area contributed by atoms with E-state index < -0.39 is 0 Å². The quantitative estimate of drug-likeness (QED) is 0.793. The van der Waals surface area contributed by atoms with Crippen molar-refractivity contribution in [2.24, 2.45) is 0 Å². The fourth-order valence-corrected chi connectivity index (χ4v) is 1.29. The van der Waals surface area contributed by atoms with Gasteiger partial charge in [0.2, 0.25) is 5.95 Å². The number of hydrogen-bond donors (Lipinski definition) is 2. The standard InChI is InChI=1S/C11H15N5O/c1-2-5-12-11-13-6-4-10(16-11)14-8-9-3-7-15-17-9/h3-4,6-7H,2,5,8H2,1H3,(H2,12,13,14,16). The van der Waals surface area contributed by atoms with Gasteiger partial charge in [-0.25, -0.2) is 4.98 Å². The number of anilines is 2. The van der Waals surface area contributed by atoms with E-state index in [9.17, 15) is 0 Å². The molecule has 0 aromatic carbocycles. The maximum Gasteiger partial charge on any atom is 0.224 e. The van der Waals surface area contributed by atoms with Crippen LogP contribution in [0.3, 0.4) is 0 Å². The molecule has 2 heterocycles. The summed E-state index contributed by atoms with van der Waals surface area (Å²) in [7, 11) is 0. The second-order valence-corrected chi connectivity index (χ2v) is 3.52. The van der Waals surface area contributed by atoms with Gasteiger partial charge in [-0.3, -0.25) is 0 Å².